The van der Waals surface area contributed by atoms with Gasteiger partial charge >= 0.3 is 6.03 Å². The van der Waals surface area contributed by atoms with Crippen molar-refractivity contribution in [2.45, 2.75) is 6.54 Å². The molecule has 0 aliphatic carbocycles. The zero-order chi connectivity index (χ0) is 19.1. The molecular formula is C18H20ClFN3O3+. The highest BCUT2D eigenvalue weighted by molar-refractivity contribution is 6.30. The number of methoxy groups -OCH3 is 1. The number of urea groups is 1. The van der Waals surface area contributed by atoms with Gasteiger partial charge in [0.1, 0.15) is 18.1 Å². The molecular weight excluding hydrogens is 361 g/mol. The molecule has 0 saturated carbocycles. The summed E-state index contributed by atoms with van der Waals surface area (Å²) in [6.45, 7) is 0.520. The number of benzene rings is 2. The third-order valence-corrected chi connectivity index (χ3v) is 3.81. The van der Waals surface area contributed by atoms with Crippen LogP contribution in [0.4, 0.5) is 14.9 Å². The van der Waals surface area contributed by atoms with Gasteiger partial charge in [-0.2, -0.15) is 0 Å². The fraction of sp³-hybridized carbons (Fsp3) is 0.222. The molecule has 6 nitrogen and oxygen atoms in total. The third-order valence-electron chi connectivity index (χ3n) is 3.57. The second-order valence-corrected chi connectivity index (χ2v) is 6.19. The minimum atomic E-state index is -0.784. The van der Waals surface area contributed by atoms with Gasteiger partial charge in [0.15, 0.2) is 6.54 Å². The predicted molar refractivity (Wildman–Crippen MR) is 97.0 cm³/mol. The van der Waals surface area contributed by atoms with E-state index in [0.717, 1.165) is 10.5 Å². The number of carbonyl (C=O) groups excluding carboxylic acids is 2. The molecule has 0 aliphatic rings. The lowest BCUT2D eigenvalue weighted by Crippen LogP contribution is -3.09. The topological polar surface area (TPSA) is 71.9 Å². The number of anilines is 1. The lowest BCUT2D eigenvalue weighted by atomic mass is 10.2. The SMILES string of the molecule is COc1ccc(Cl)cc1C[NH+](C)CC(=O)NC(=O)Nc1ccccc1F. The van der Waals surface area contributed by atoms with Crippen LogP contribution in [0.15, 0.2) is 42.5 Å². The highest BCUT2D eigenvalue weighted by Gasteiger charge is 2.16. The number of hydrogen-bond acceptors (Lipinski definition) is 3. The van der Waals surface area contributed by atoms with Crippen LogP contribution in [-0.4, -0.2) is 32.6 Å². The average molecular weight is 381 g/mol. The van der Waals surface area contributed by atoms with Gasteiger partial charge in [0, 0.05) is 10.6 Å². The van der Waals surface area contributed by atoms with Gasteiger partial charge in [0.25, 0.3) is 5.91 Å². The maximum absolute atomic E-state index is 13.5. The number of carbonyl (C=O) groups is 2. The van der Waals surface area contributed by atoms with E-state index in [1.807, 2.05) is 0 Å². The highest BCUT2D eigenvalue weighted by atomic mass is 35.5. The van der Waals surface area contributed by atoms with Crippen LogP contribution in [0.1, 0.15) is 5.56 Å². The molecule has 3 N–H and O–H groups in total. The number of rotatable bonds is 6. The van der Waals surface area contributed by atoms with Gasteiger partial charge in [0.2, 0.25) is 0 Å². The van der Waals surface area contributed by atoms with E-state index in [0.29, 0.717) is 17.3 Å². The number of halogens is 2. The predicted octanol–water partition coefficient (Wildman–Crippen LogP) is 1.85. The molecule has 0 aliphatic heterocycles. The van der Waals surface area contributed by atoms with Gasteiger partial charge in [-0.1, -0.05) is 23.7 Å². The fourth-order valence-corrected chi connectivity index (χ4v) is 2.63. The van der Waals surface area contributed by atoms with Crippen LogP contribution in [0.5, 0.6) is 5.75 Å². The van der Waals surface area contributed by atoms with Crippen LogP contribution in [0, 0.1) is 5.82 Å². The molecule has 0 saturated heterocycles. The van der Waals surface area contributed by atoms with E-state index < -0.39 is 17.8 Å². The van der Waals surface area contributed by atoms with E-state index >= 15 is 0 Å². The van der Waals surface area contributed by atoms with Crippen molar-refractivity contribution in [3.63, 3.8) is 0 Å². The van der Waals surface area contributed by atoms with E-state index in [1.54, 1.807) is 38.4 Å². The molecule has 0 spiro atoms. The Hall–Kier alpha value is -2.64. The van der Waals surface area contributed by atoms with Crippen LogP contribution < -0.4 is 20.3 Å². The Morgan fingerprint density at radius 1 is 1.23 bits per heavy atom. The van der Waals surface area contributed by atoms with Gasteiger partial charge in [-0.3, -0.25) is 10.1 Å². The van der Waals surface area contributed by atoms with Gasteiger partial charge in [-0.25, -0.2) is 9.18 Å². The number of nitrogens with one attached hydrogen (secondary N) is 3. The van der Waals surface area contributed by atoms with E-state index in [1.165, 1.54) is 18.2 Å². The molecule has 1 atom stereocenters. The Morgan fingerprint density at radius 2 is 1.96 bits per heavy atom. The zero-order valence-corrected chi connectivity index (χ0v) is 15.2. The van der Waals surface area contributed by atoms with Crippen molar-refractivity contribution in [1.29, 1.82) is 0 Å². The molecule has 2 aromatic carbocycles. The van der Waals surface area contributed by atoms with Crippen molar-refractivity contribution in [2.24, 2.45) is 0 Å². The van der Waals surface area contributed by atoms with E-state index in [2.05, 4.69) is 10.6 Å². The summed E-state index contributed by atoms with van der Waals surface area (Å²) >= 11 is 5.99. The summed E-state index contributed by atoms with van der Waals surface area (Å²) in [5, 5.41) is 5.05. The third kappa shape index (κ3) is 5.72. The molecule has 26 heavy (non-hydrogen) atoms. The summed E-state index contributed by atoms with van der Waals surface area (Å²) in [7, 11) is 3.36. The summed E-state index contributed by atoms with van der Waals surface area (Å²) in [5.74, 6) is -0.394. The number of para-hydroxylation sites is 1. The Labute approximate surface area is 155 Å². The highest BCUT2D eigenvalue weighted by Crippen LogP contribution is 2.21. The first kappa shape index (κ1) is 19.7. The summed E-state index contributed by atoms with van der Waals surface area (Å²) < 4.78 is 18.8. The number of imide groups is 1. The normalized spacial score (nSPS) is 11.5. The second kappa shape index (κ2) is 9.17. The van der Waals surface area contributed by atoms with Crippen LogP contribution in [0.3, 0.4) is 0 Å². The first-order chi connectivity index (χ1) is 12.4. The quantitative estimate of drug-likeness (QED) is 0.716. The van der Waals surface area contributed by atoms with Crippen molar-refractivity contribution >= 4 is 29.2 Å². The van der Waals surface area contributed by atoms with Crippen LogP contribution >= 0.6 is 11.6 Å². The number of likely N-dealkylation sites (N-methyl/N-ethyl adjacent to an activating group) is 1. The van der Waals surface area contributed by atoms with Gasteiger partial charge < -0.3 is 15.0 Å². The molecule has 0 radical (unpaired) electrons. The molecule has 0 aromatic heterocycles. The first-order valence-corrected chi connectivity index (χ1v) is 8.26. The molecule has 3 amide bonds. The molecule has 1 unspecified atom stereocenters. The largest absolute Gasteiger partial charge is 0.496 e. The minimum Gasteiger partial charge on any atom is -0.496 e. The summed E-state index contributed by atoms with van der Waals surface area (Å²) in [4.78, 5) is 24.6. The second-order valence-electron chi connectivity index (χ2n) is 5.75. The van der Waals surface area contributed by atoms with Gasteiger partial charge in [-0.15, -0.1) is 0 Å². The Kier molecular flexibility index (Phi) is 6.94. The first-order valence-electron chi connectivity index (χ1n) is 7.88. The Bertz CT molecular complexity index is 801. The maximum atomic E-state index is 13.5. The molecule has 2 rings (SSSR count). The van der Waals surface area contributed by atoms with Crippen LogP contribution in [0.25, 0.3) is 0 Å². The van der Waals surface area contributed by atoms with Crippen molar-refractivity contribution < 1.29 is 23.6 Å². The van der Waals surface area contributed by atoms with Crippen molar-refractivity contribution in [1.82, 2.24) is 5.32 Å². The molecule has 0 heterocycles. The number of ether oxygens (including phenoxy) is 1. The van der Waals surface area contributed by atoms with Crippen LogP contribution in [-0.2, 0) is 11.3 Å². The van der Waals surface area contributed by atoms with Crippen LogP contribution in [0.2, 0.25) is 5.02 Å². The standard InChI is InChI=1S/C18H19ClFN3O3/c1-23(10-12-9-13(19)7-8-16(12)26-2)11-17(24)22-18(25)21-15-6-4-3-5-14(15)20/h3-9H,10-11H2,1-2H3,(H2,21,22,24,25)/p+1. The molecule has 8 heteroatoms. The Morgan fingerprint density at radius 3 is 2.65 bits per heavy atom. The zero-order valence-electron chi connectivity index (χ0n) is 14.4. The smallest absolute Gasteiger partial charge is 0.326 e. The summed E-state index contributed by atoms with van der Waals surface area (Å²) in [6, 6.07) is 10.2. The van der Waals surface area contributed by atoms with Crippen molar-refractivity contribution in [3.05, 3.63) is 58.9 Å². The maximum Gasteiger partial charge on any atom is 0.326 e. The van der Waals surface area contributed by atoms with Gasteiger partial charge in [0.05, 0.1) is 19.8 Å². The number of quaternary nitrogens is 1. The van der Waals surface area contributed by atoms with Gasteiger partial charge in [-0.05, 0) is 30.3 Å². The molecule has 0 bridgehead atoms. The van der Waals surface area contributed by atoms with E-state index in [4.69, 9.17) is 16.3 Å². The molecule has 0 fully saturated rings. The lowest BCUT2D eigenvalue weighted by Gasteiger charge is -2.16. The fourth-order valence-electron chi connectivity index (χ4n) is 2.43. The monoisotopic (exact) mass is 380 g/mol. The van der Waals surface area contributed by atoms with Crippen molar-refractivity contribution in [3.8, 4) is 5.75 Å². The average Bonchev–Trinajstić information content (AvgIpc) is 2.56. The minimum absolute atomic E-state index is 0.00200. The van der Waals surface area contributed by atoms with Crippen molar-refractivity contribution in [2.75, 3.05) is 26.0 Å². The summed E-state index contributed by atoms with van der Waals surface area (Å²) in [6.07, 6.45) is 0. The number of amides is 3. The number of hydrogen-bond donors (Lipinski definition) is 3. The molecule has 138 valence electrons. The lowest BCUT2D eigenvalue weighted by molar-refractivity contribution is -0.885. The Balaban J connectivity index is 1.88. The molecule has 2 aromatic rings. The van der Waals surface area contributed by atoms with E-state index in [9.17, 15) is 14.0 Å². The van der Waals surface area contributed by atoms with E-state index in [-0.39, 0.29) is 12.2 Å². The summed E-state index contributed by atoms with van der Waals surface area (Å²) in [5.41, 5.74) is 0.850.